The summed E-state index contributed by atoms with van der Waals surface area (Å²) in [5.41, 5.74) is 5.86. The summed E-state index contributed by atoms with van der Waals surface area (Å²) in [7, 11) is 2.08. The lowest BCUT2D eigenvalue weighted by molar-refractivity contribution is -0.118. The Labute approximate surface area is 164 Å². The number of nitrogens with one attached hydrogen (secondary N) is 1. The average molecular weight is 380 g/mol. The Morgan fingerprint density at radius 1 is 1.26 bits per heavy atom. The third-order valence-corrected chi connectivity index (χ3v) is 6.17. The van der Waals surface area contributed by atoms with Gasteiger partial charge in [0.1, 0.15) is 0 Å². The highest BCUT2D eigenvalue weighted by atomic mass is 32.1. The van der Waals surface area contributed by atoms with Crippen LogP contribution in [-0.2, 0) is 11.3 Å². The maximum atomic E-state index is 13.1. The van der Waals surface area contributed by atoms with E-state index in [9.17, 15) is 4.79 Å². The van der Waals surface area contributed by atoms with Crippen LogP contribution in [0.5, 0.6) is 0 Å². The van der Waals surface area contributed by atoms with Crippen molar-refractivity contribution in [1.82, 2.24) is 9.88 Å². The number of amides is 1. The zero-order valence-electron chi connectivity index (χ0n) is 16.2. The highest BCUT2D eigenvalue weighted by Crippen LogP contribution is 2.32. The maximum absolute atomic E-state index is 13.1. The van der Waals surface area contributed by atoms with Gasteiger partial charge in [0, 0.05) is 13.1 Å². The van der Waals surface area contributed by atoms with Crippen LogP contribution in [0.3, 0.4) is 0 Å². The topological polar surface area (TPSA) is 45.2 Å². The fourth-order valence-electron chi connectivity index (χ4n) is 3.73. The van der Waals surface area contributed by atoms with Crippen molar-refractivity contribution >= 4 is 32.6 Å². The molecule has 0 fully saturated rings. The summed E-state index contributed by atoms with van der Waals surface area (Å²) in [5, 5.41) is 3.74. The molecule has 140 valence electrons. The van der Waals surface area contributed by atoms with Crippen LogP contribution in [0, 0.1) is 6.92 Å². The van der Waals surface area contributed by atoms with Gasteiger partial charge in [-0.15, -0.1) is 0 Å². The van der Waals surface area contributed by atoms with E-state index in [0.717, 1.165) is 28.9 Å². The maximum Gasteiger partial charge on any atom is 0.235 e. The molecule has 1 unspecified atom stereocenters. The lowest BCUT2D eigenvalue weighted by Crippen LogP contribution is -2.36. The summed E-state index contributed by atoms with van der Waals surface area (Å²) in [5.74, 6) is 0.339. The minimum absolute atomic E-state index is 0.0240. The molecule has 1 aliphatic heterocycles. The van der Waals surface area contributed by atoms with Crippen molar-refractivity contribution in [2.24, 2.45) is 0 Å². The number of anilines is 1. The predicted octanol–water partition coefficient (Wildman–Crippen LogP) is 4.90. The number of likely N-dealkylation sites (N-methyl/N-ethyl adjacent to an activating group) is 1. The lowest BCUT2D eigenvalue weighted by atomic mass is 9.86. The third-order valence-electron chi connectivity index (χ3n) is 5.23. The van der Waals surface area contributed by atoms with Crippen LogP contribution in [0.25, 0.3) is 10.2 Å². The normalized spacial score (nSPS) is 17.3. The monoisotopic (exact) mass is 379 g/mol. The largest absolute Gasteiger partial charge is 0.301 e. The highest BCUT2D eigenvalue weighted by molar-refractivity contribution is 7.22. The summed E-state index contributed by atoms with van der Waals surface area (Å²) >= 11 is 1.54. The molecule has 0 aliphatic carbocycles. The first-order chi connectivity index (χ1) is 12.9. The van der Waals surface area contributed by atoms with Gasteiger partial charge in [-0.25, -0.2) is 4.98 Å². The zero-order chi connectivity index (χ0) is 19.1. The molecule has 4 nitrogen and oxygen atoms in total. The first-order valence-electron chi connectivity index (χ1n) is 9.40. The van der Waals surface area contributed by atoms with E-state index in [1.54, 1.807) is 0 Å². The van der Waals surface area contributed by atoms with Crippen molar-refractivity contribution in [1.29, 1.82) is 0 Å². The molecule has 3 aromatic rings. The van der Waals surface area contributed by atoms with Crippen molar-refractivity contribution in [3.8, 4) is 0 Å². The second-order valence-corrected chi connectivity index (χ2v) is 8.87. The first-order valence-corrected chi connectivity index (χ1v) is 10.2. The van der Waals surface area contributed by atoms with E-state index < -0.39 is 0 Å². The number of aromatic nitrogens is 1. The van der Waals surface area contributed by atoms with Gasteiger partial charge in [0.05, 0.1) is 16.1 Å². The van der Waals surface area contributed by atoms with Crippen molar-refractivity contribution in [2.45, 2.75) is 39.2 Å². The number of carbonyl (C=O) groups excluding carboxylic acids is 1. The Hall–Kier alpha value is -2.24. The van der Waals surface area contributed by atoms with Crippen LogP contribution in [-0.4, -0.2) is 29.4 Å². The van der Waals surface area contributed by atoms with Crippen LogP contribution in [0.2, 0.25) is 0 Å². The third kappa shape index (κ3) is 3.62. The molecule has 1 N–H and O–H groups in total. The molecule has 1 atom stereocenters. The molecule has 2 aromatic carbocycles. The molecule has 1 amide bonds. The minimum atomic E-state index is -0.172. The van der Waals surface area contributed by atoms with E-state index in [-0.39, 0.29) is 11.8 Å². The molecule has 0 spiro atoms. The second kappa shape index (κ2) is 7.06. The molecular weight excluding hydrogens is 354 g/mol. The molecule has 2 heterocycles. The van der Waals surface area contributed by atoms with Crippen LogP contribution in [0.15, 0.2) is 36.4 Å². The van der Waals surface area contributed by atoms with Gasteiger partial charge in [0.25, 0.3) is 0 Å². The SMILES string of the molecule is Cc1ccc2nc(NC(=O)C3CN(C)Cc4cc(C(C)C)ccc43)sc2c1. The van der Waals surface area contributed by atoms with Crippen molar-refractivity contribution in [3.63, 3.8) is 0 Å². The zero-order valence-corrected chi connectivity index (χ0v) is 17.1. The molecule has 4 rings (SSSR count). The van der Waals surface area contributed by atoms with E-state index >= 15 is 0 Å². The summed E-state index contributed by atoms with van der Waals surface area (Å²) < 4.78 is 1.10. The van der Waals surface area contributed by atoms with Crippen molar-refractivity contribution in [3.05, 3.63) is 58.7 Å². The van der Waals surface area contributed by atoms with Crippen LogP contribution >= 0.6 is 11.3 Å². The van der Waals surface area contributed by atoms with Gasteiger partial charge in [-0.2, -0.15) is 0 Å². The Bertz CT molecular complexity index is 1010. The smallest absolute Gasteiger partial charge is 0.235 e. The Balaban J connectivity index is 1.61. The summed E-state index contributed by atoms with van der Waals surface area (Å²) in [4.78, 5) is 19.9. The molecular formula is C22H25N3OS. The molecule has 0 saturated carbocycles. The van der Waals surface area contributed by atoms with Crippen molar-refractivity contribution < 1.29 is 4.79 Å². The van der Waals surface area contributed by atoms with Gasteiger partial charge in [-0.05, 0) is 54.3 Å². The first kappa shape index (κ1) is 18.1. The number of fused-ring (bicyclic) bond motifs is 2. The summed E-state index contributed by atoms with van der Waals surface area (Å²) in [6, 6.07) is 12.7. The van der Waals surface area contributed by atoms with Gasteiger partial charge in [0.2, 0.25) is 5.91 Å². The van der Waals surface area contributed by atoms with Gasteiger partial charge >= 0.3 is 0 Å². The number of hydrogen-bond donors (Lipinski definition) is 1. The molecule has 0 bridgehead atoms. The standard InChI is InChI=1S/C22H25N3OS/c1-13(2)15-6-7-17-16(10-15)11-25(4)12-18(17)21(26)24-22-23-19-8-5-14(3)9-20(19)27-22/h5-10,13,18H,11-12H2,1-4H3,(H,23,24,26). The van der Waals surface area contributed by atoms with Gasteiger partial charge in [0.15, 0.2) is 5.13 Å². The summed E-state index contributed by atoms with van der Waals surface area (Å²) in [6.07, 6.45) is 0. The summed E-state index contributed by atoms with van der Waals surface area (Å²) in [6.45, 7) is 8.09. The number of benzene rings is 2. The number of nitrogens with zero attached hydrogens (tertiary/aromatic N) is 2. The molecule has 27 heavy (non-hydrogen) atoms. The number of thiazole rings is 1. The number of rotatable bonds is 3. The molecule has 0 saturated heterocycles. The Morgan fingerprint density at radius 2 is 2.07 bits per heavy atom. The molecule has 1 aromatic heterocycles. The number of carbonyl (C=O) groups is 1. The lowest BCUT2D eigenvalue weighted by Gasteiger charge is -2.32. The Morgan fingerprint density at radius 3 is 2.85 bits per heavy atom. The van der Waals surface area contributed by atoms with Gasteiger partial charge in [-0.3, -0.25) is 4.79 Å². The van der Waals surface area contributed by atoms with Crippen LogP contribution < -0.4 is 5.32 Å². The fraction of sp³-hybridized carbons (Fsp3) is 0.364. The van der Waals surface area contributed by atoms with Crippen molar-refractivity contribution in [2.75, 3.05) is 18.9 Å². The van der Waals surface area contributed by atoms with E-state index in [1.165, 1.54) is 28.0 Å². The minimum Gasteiger partial charge on any atom is -0.301 e. The van der Waals surface area contributed by atoms with E-state index in [1.807, 2.05) is 12.1 Å². The van der Waals surface area contributed by atoms with Gasteiger partial charge < -0.3 is 10.2 Å². The second-order valence-electron chi connectivity index (χ2n) is 7.84. The molecule has 0 radical (unpaired) electrons. The number of aryl methyl sites for hydroxylation is 1. The van der Waals surface area contributed by atoms with Crippen LogP contribution in [0.1, 0.15) is 47.9 Å². The number of hydrogen-bond acceptors (Lipinski definition) is 4. The van der Waals surface area contributed by atoms with Gasteiger partial charge in [-0.1, -0.05) is 49.4 Å². The predicted molar refractivity (Wildman–Crippen MR) is 113 cm³/mol. The van der Waals surface area contributed by atoms with E-state index in [0.29, 0.717) is 11.0 Å². The fourth-order valence-corrected chi connectivity index (χ4v) is 4.70. The van der Waals surface area contributed by atoms with E-state index in [4.69, 9.17) is 0 Å². The Kier molecular flexibility index (Phi) is 4.74. The average Bonchev–Trinajstić information content (AvgIpc) is 3.01. The van der Waals surface area contributed by atoms with E-state index in [2.05, 4.69) is 67.3 Å². The highest BCUT2D eigenvalue weighted by Gasteiger charge is 2.30. The van der Waals surface area contributed by atoms with Crippen LogP contribution in [0.4, 0.5) is 5.13 Å². The molecule has 5 heteroatoms. The quantitative estimate of drug-likeness (QED) is 0.704. The molecule has 1 aliphatic rings.